The zero-order valence-electron chi connectivity index (χ0n) is 8.28. The van der Waals surface area contributed by atoms with Gasteiger partial charge in [-0.2, -0.15) is 5.10 Å². The first-order valence-corrected chi connectivity index (χ1v) is 4.59. The normalized spacial score (nSPS) is 21.3. The molecule has 0 saturated carbocycles. The van der Waals surface area contributed by atoms with E-state index >= 15 is 0 Å². The van der Waals surface area contributed by atoms with Crippen molar-refractivity contribution in [2.45, 2.75) is 26.3 Å². The topological polar surface area (TPSA) is 70.1 Å². The molecule has 1 atom stereocenters. The second-order valence-corrected chi connectivity index (χ2v) is 3.50. The SMILES string of the molecule is Cc1nn(C2CCOC2=O)c(C)c1N. The van der Waals surface area contributed by atoms with E-state index in [4.69, 9.17) is 10.5 Å². The number of nitrogens with two attached hydrogens (primary N) is 1. The molecule has 2 N–H and O–H groups in total. The summed E-state index contributed by atoms with van der Waals surface area (Å²) in [5, 5.41) is 4.23. The summed E-state index contributed by atoms with van der Waals surface area (Å²) in [5.74, 6) is -0.212. The molecule has 2 heterocycles. The summed E-state index contributed by atoms with van der Waals surface area (Å²) < 4.78 is 6.55. The third-order valence-electron chi connectivity index (χ3n) is 2.58. The minimum absolute atomic E-state index is 0.212. The molecule has 1 aromatic heterocycles. The first kappa shape index (κ1) is 9.05. The lowest BCUT2D eigenvalue weighted by Crippen LogP contribution is -2.17. The van der Waals surface area contributed by atoms with Gasteiger partial charge in [0.25, 0.3) is 0 Å². The maximum atomic E-state index is 11.3. The van der Waals surface area contributed by atoms with Gasteiger partial charge in [0.05, 0.1) is 23.7 Å². The molecule has 1 aliphatic heterocycles. The Labute approximate surface area is 81.8 Å². The zero-order chi connectivity index (χ0) is 10.3. The molecular weight excluding hydrogens is 182 g/mol. The van der Waals surface area contributed by atoms with E-state index in [0.29, 0.717) is 18.7 Å². The van der Waals surface area contributed by atoms with Gasteiger partial charge in [0.1, 0.15) is 0 Å². The lowest BCUT2D eigenvalue weighted by Gasteiger charge is -2.08. The van der Waals surface area contributed by atoms with Crippen molar-refractivity contribution >= 4 is 11.7 Å². The first-order valence-electron chi connectivity index (χ1n) is 4.59. The summed E-state index contributed by atoms with van der Waals surface area (Å²) >= 11 is 0. The Morgan fingerprint density at radius 1 is 1.57 bits per heavy atom. The number of nitrogens with zero attached hydrogens (tertiary/aromatic N) is 2. The number of aryl methyl sites for hydroxylation is 1. The van der Waals surface area contributed by atoms with Crippen LogP contribution in [0.15, 0.2) is 0 Å². The minimum atomic E-state index is -0.286. The van der Waals surface area contributed by atoms with Gasteiger partial charge < -0.3 is 10.5 Å². The molecule has 1 aliphatic rings. The fourth-order valence-electron chi connectivity index (χ4n) is 1.69. The van der Waals surface area contributed by atoms with Crippen molar-refractivity contribution in [1.82, 2.24) is 9.78 Å². The number of aromatic nitrogens is 2. The van der Waals surface area contributed by atoms with Crippen molar-refractivity contribution in [2.24, 2.45) is 0 Å². The molecule has 5 nitrogen and oxygen atoms in total. The number of cyclic esters (lactones) is 1. The minimum Gasteiger partial charge on any atom is -0.464 e. The molecule has 1 unspecified atom stereocenters. The van der Waals surface area contributed by atoms with Crippen LogP contribution in [0.25, 0.3) is 0 Å². The zero-order valence-corrected chi connectivity index (χ0v) is 8.28. The number of hydrogen-bond acceptors (Lipinski definition) is 4. The van der Waals surface area contributed by atoms with Gasteiger partial charge >= 0.3 is 5.97 Å². The largest absolute Gasteiger partial charge is 0.464 e. The second-order valence-electron chi connectivity index (χ2n) is 3.50. The molecule has 5 heteroatoms. The van der Waals surface area contributed by atoms with Gasteiger partial charge in [-0.25, -0.2) is 4.79 Å². The molecule has 0 radical (unpaired) electrons. The van der Waals surface area contributed by atoms with Gasteiger partial charge in [-0.15, -0.1) is 0 Å². The number of anilines is 1. The number of esters is 1. The van der Waals surface area contributed by atoms with Crippen LogP contribution in [0.3, 0.4) is 0 Å². The maximum Gasteiger partial charge on any atom is 0.331 e. The Kier molecular flexibility index (Phi) is 1.94. The number of carbonyl (C=O) groups excluding carboxylic acids is 1. The average Bonchev–Trinajstić information content (AvgIpc) is 2.66. The van der Waals surface area contributed by atoms with Gasteiger partial charge in [0.15, 0.2) is 6.04 Å². The summed E-state index contributed by atoms with van der Waals surface area (Å²) in [4.78, 5) is 11.3. The molecule has 14 heavy (non-hydrogen) atoms. The van der Waals surface area contributed by atoms with E-state index in [1.165, 1.54) is 0 Å². The lowest BCUT2D eigenvalue weighted by atomic mass is 10.2. The van der Waals surface area contributed by atoms with Crippen LogP contribution in [0.2, 0.25) is 0 Å². The molecule has 76 valence electrons. The predicted octanol–water partition coefficient (Wildman–Crippen LogP) is 0.570. The second kappa shape index (κ2) is 3.01. The van der Waals surface area contributed by atoms with E-state index in [1.807, 2.05) is 13.8 Å². The van der Waals surface area contributed by atoms with E-state index < -0.39 is 0 Å². The molecular formula is C9H13N3O2. The van der Waals surface area contributed by atoms with Gasteiger partial charge in [0, 0.05) is 6.42 Å². The number of rotatable bonds is 1. The summed E-state index contributed by atoms with van der Waals surface area (Å²) in [6.45, 7) is 4.17. The summed E-state index contributed by atoms with van der Waals surface area (Å²) in [7, 11) is 0. The van der Waals surface area contributed by atoms with Gasteiger partial charge in [-0.1, -0.05) is 0 Å². The van der Waals surface area contributed by atoms with Crippen LogP contribution in [0, 0.1) is 13.8 Å². The number of hydrogen-bond donors (Lipinski definition) is 1. The van der Waals surface area contributed by atoms with Crippen LogP contribution in [0.4, 0.5) is 5.69 Å². The van der Waals surface area contributed by atoms with Crippen LogP contribution < -0.4 is 5.73 Å². The van der Waals surface area contributed by atoms with Crippen molar-refractivity contribution in [3.63, 3.8) is 0 Å². The fraction of sp³-hybridized carbons (Fsp3) is 0.556. The Morgan fingerprint density at radius 3 is 2.71 bits per heavy atom. The molecule has 0 spiro atoms. The fourth-order valence-corrected chi connectivity index (χ4v) is 1.69. The quantitative estimate of drug-likeness (QED) is 0.665. The van der Waals surface area contributed by atoms with E-state index in [-0.39, 0.29) is 12.0 Å². The van der Waals surface area contributed by atoms with Crippen molar-refractivity contribution in [2.75, 3.05) is 12.3 Å². The van der Waals surface area contributed by atoms with Crippen LogP contribution in [-0.4, -0.2) is 22.4 Å². The number of nitrogen functional groups attached to an aromatic ring is 1. The predicted molar refractivity (Wildman–Crippen MR) is 50.7 cm³/mol. The van der Waals surface area contributed by atoms with Gasteiger partial charge in [-0.05, 0) is 13.8 Å². The third kappa shape index (κ3) is 1.16. The highest BCUT2D eigenvalue weighted by molar-refractivity contribution is 5.76. The number of carbonyl (C=O) groups is 1. The molecule has 1 aromatic rings. The summed E-state index contributed by atoms with van der Waals surface area (Å²) in [6, 6.07) is -0.286. The van der Waals surface area contributed by atoms with E-state index in [9.17, 15) is 4.79 Å². The van der Waals surface area contributed by atoms with E-state index in [0.717, 1.165) is 11.4 Å². The lowest BCUT2D eigenvalue weighted by molar-refractivity contribution is -0.140. The van der Waals surface area contributed by atoms with Crippen LogP contribution in [0.5, 0.6) is 0 Å². The highest BCUT2D eigenvalue weighted by atomic mass is 16.5. The molecule has 0 bridgehead atoms. The monoisotopic (exact) mass is 195 g/mol. The van der Waals surface area contributed by atoms with Crippen molar-refractivity contribution in [3.8, 4) is 0 Å². The molecule has 1 saturated heterocycles. The first-order chi connectivity index (χ1) is 6.61. The number of ether oxygens (including phenoxy) is 1. The molecule has 0 aromatic carbocycles. The average molecular weight is 195 g/mol. The Balaban J connectivity index is 2.41. The molecule has 1 fully saturated rings. The Hall–Kier alpha value is -1.52. The Bertz CT molecular complexity index is 384. The molecule has 0 amide bonds. The van der Waals surface area contributed by atoms with Crippen LogP contribution in [0.1, 0.15) is 23.9 Å². The van der Waals surface area contributed by atoms with Crippen molar-refractivity contribution < 1.29 is 9.53 Å². The van der Waals surface area contributed by atoms with E-state index in [2.05, 4.69) is 5.10 Å². The smallest absolute Gasteiger partial charge is 0.331 e. The molecule has 0 aliphatic carbocycles. The van der Waals surface area contributed by atoms with Crippen molar-refractivity contribution in [3.05, 3.63) is 11.4 Å². The maximum absolute atomic E-state index is 11.3. The van der Waals surface area contributed by atoms with Crippen molar-refractivity contribution in [1.29, 1.82) is 0 Å². The standard InChI is InChI=1S/C9H13N3O2/c1-5-8(10)6(2)12(11-5)7-3-4-14-9(7)13/h7H,3-4,10H2,1-2H3. The highest BCUT2D eigenvalue weighted by Gasteiger charge is 2.30. The third-order valence-corrected chi connectivity index (χ3v) is 2.58. The van der Waals surface area contributed by atoms with Gasteiger partial charge in [0.2, 0.25) is 0 Å². The highest BCUT2D eigenvalue weighted by Crippen LogP contribution is 2.25. The summed E-state index contributed by atoms with van der Waals surface area (Å²) in [6.07, 6.45) is 0.681. The Morgan fingerprint density at radius 2 is 2.29 bits per heavy atom. The molecule has 2 rings (SSSR count). The van der Waals surface area contributed by atoms with Crippen LogP contribution >= 0.6 is 0 Å². The van der Waals surface area contributed by atoms with Gasteiger partial charge in [-0.3, -0.25) is 4.68 Å². The van der Waals surface area contributed by atoms with E-state index in [1.54, 1.807) is 4.68 Å². The summed E-state index contributed by atoms with van der Waals surface area (Å²) in [5.41, 5.74) is 8.04. The van der Waals surface area contributed by atoms with Crippen LogP contribution in [-0.2, 0) is 9.53 Å².